The molecule has 0 bridgehead atoms. The van der Waals surface area contributed by atoms with E-state index in [4.69, 9.17) is 28.1 Å². The molecule has 0 fully saturated rings. The monoisotopic (exact) mass is 382 g/mol. The Labute approximate surface area is 157 Å². The number of nitrogens with one attached hydrogen (secondary N) is 2. The van der Waals surface area contributed by atoms with Crippen LogP contribution >= 0.6 is 23.4 Å². The maximum Gasteiger partial charge on any atom is 0.238 e. The third-order valence-electron chi connectivity index (χ3n) is 3.51. The van der Waals surface area contributed by atoms with E-state index in [1.54, 1.807) is 24.3 Å². The molecule has 1 unspecified atom stereocenters. The van der Waals surface area contributed by atoms with Gasteiger partial charge in [-0.3, -0.25) is 9.63 Å². The summed E-state index contributed by atoms with van der Waals surface area (Å²) in [5.41, 5.74) is 1.63. The predicted molar refractivity (Wildman–Crippen MR) is 98.9 cm³/mol. The number of carbonyl (C=O) groups excluding carboxylic acids is 1. The maximum absolute atomic E-state index is 11.2. The second kappa shape index (κ2) is 10.3. The first-order valence-electron chi connectivity index (χ1n) is 7.84. The van der Waals surface area contributed by atoms with E-state index in [2.05, 4.69) is 10.2 Å². The van der Waals surface area contributed by atoms with Gasteiger partial charge >= 0.3 is 0 Å². The van der Waals surface area contributed by atoms with Gasteiger partial charge in [0.1, 0.15) is 12.4 Å². The molecule has 2 aromatic carbocycles. The molecule has 7 heteroatoms. The van der Waals surface area contributed by atoms with E-state index in [9.17, 15) is 9.90 Å². The van der Waals surface area contributed by atoms with Gasteiger partial charge in [0.15, 0.2) is 0 Å². The molecule has 25 heavy (non-hydrogen) atoms. The highest BCUT2D eigenvalue weighted by molar-refractivity contribution is 6.30. The third-order valence-corrected chi connectivity index (χ3v) is 3.96. The van der Waals surface area contributed by atoms with Crippen LogP contribution in [0.5, 0.6) is 5.75 Å². The van der Waals surface area contributed by atoms with Gasteiger partial charge in [0, 0.05) is 29.9 Å². The highest BCUT2D eigenvalue weighted by Gasteiger charge is 2.07. The summed E-state index contributed by atoms with van der Waals surface area (Å²) in [6, 6.07) is 14.4. The Morgan fingerprint density at radius 2 is 1.96 bits per heavy atom. The molecule has 5 nitrogen and oxygen atoms in total. The van der Waals surface area contributed by atoms with Gasteiger partial charge < -0.3 is 15.2 Å². The highest BCUT2D eigenvalue weighted by atomic mass is 35.5. The molecule has 2 aromatic rings. The number of rotatable bonds is 9. The first-order valence-corrected chi connectivity index (χ1v) is 8.59. The van der Waals surface area contributed by atoms with Crippen LogP contribution in [0.3, 0.4) is 0 Å². The SMILES string of the molecule is O=C(Cc1ccc(OCCNCC(O)c2cccc(Cl)c2)cc1)NCl. The van der Waals surface area contributed by atoms with Crippen molar-refractivity contribution < 1.29 is 14.6 Å². The molecule has 2 rings (SSSR count). The van der Waals surface area contributed by atoms with Gasteiger partial charge in [0.25, 0.3) is 0 Å². The molecule has 1 atom stereocenters. The lowest BCUT2D eigenvalue weighted by Crippen LogP contribution is -2.26. The molecule has 0 aromatic heterocycles. The number of aliphatic hydroxyl groups is 1. The summed E-state index contributed by atoms with van der Waals surface area (Å²) in [6.07, 6.45) is -0.390. The van der Waals surface area contributed by atoms with E-state index in [1.165, 1.54) is 0 Å². The minimum absolute atomic E-state index is 0.229. The van der Waals surface area contributed by atoms with E-state index in [1.807, 2.05) is 24.3 Å². The van der Waals surface area contributed by atoms with Crippen molar-refractivity contribution >= 4 is 29.3 Å². The average molecular weight is 383 g/mol. The molecule has 0 aliphatic heterocycles. The molecule has 1 amide bonds. The van der Waals surface area contributed by atoms with Gasteiger partial charge in [0.2, 0.25) is 5.91 Å². The van der Waals surface area contributed by atoms with Gasteiger partial charge in [0.05, 0.1) is 12.5 Å². The van der Waals surface area contributed by atoms with E-state index in [0.29, 0.717) is 30.5 Å². The minimum atomic E-state index is -0.619. The molecule has 0 aliphatic carbocycles. The van der Waals surface area contributed by atoms with E-state index < -0.39 is 6.10 Å². The molecule has 0 saturated carbocycles. The smallest absolute Gasteiger partial charge is 0.238 e. The Hall–Kier alpha value is -1.79. The zero-order valence-corrected chi connectivity index (χ0v) is 15.1. The second-order valence-corrected chi connectivity index (χ2v) is 6.09. The minimum Gasteiger partial charge on any atom is -0.492 e. The largest absolute Gasteiger partial charge is 0.492 e. The zero-order valence-electron chi connectivity index (χ0n) is 13.5. The lowest BCUT2D eigenvalue weighted by atomic mass is 10.1. The molecule has 0 aliphatic rings. The lowest BCUT2D eigenvalue weighted by Gasteiger charge is -2.13. The number of ether oxygens (including phenoxy) is 1. The van der Waals surface area contributed by atoms with Crippen LogP contribution in [0.4, 0.5) is 0 Å². The predicted octanol–water partition coefficient (Wildman–Crippen LogP) is 2.85. The number of carbonyl (C=O) groups is 1. The molecule has 3 N–H and O–H groups in total. The van der Waals surface area contributed by atoms with Crippen molar-refractivity contribution in [2.24, 2.45) is 0 Å². The van der Waals surface area contributed by atoms with Crippen molar-refractivity contribution in [1.82, 2.24) is 10.2 Å². The van der Waals surface area contributed by atoms with Crippen LogP contribution in [0, 0.1) is 0 Å². The fraction of sp³-hybridized carbons (Fsp3) is 0.278. The summed E-state index contributed by atoms with van der Waals surface area (Å²) in [6.45, 7) is 1.47. The third kappa shape index (κ3) is 6.92. The van der Waals surface area contributed by atoms with Crippen molar-refractivity contribution in [3.05, 3.63) is 64.7 Å². The van der Waals surface area contributed by atoms with Crippen LogP contribution in [0.1, 0.15) is 17.2 Å². The summed E-state index contributed by atoms with van der Waals surface area (Å²) in [4.78, 5) is 13.2. The molecule has 0 radical (unpaired) electrons. The van der Waals surface area contributed by atoms with Crippen LogP contribution in [0.15, 0.2) is 48.5 Å². The topological polar surface area (TPSA) is 70.6 Å². The number of halogens is 2. The van der Waals surface area contributed by atoms with E-state index in [0.717, 1.165) is 11.1 Å². The van der Waals surface area contributed by atoms with Gasteiger partial charge in [-0.15, -0.1) is 0 Å². The zero-order chi connectivity index (χ0) is 18.1. The van der Waals surface area contributed by atoms with Crippen molar-refractivity contribution in [2.45, 2.75) is 12.5 Å². The Bertz CT molecular complexity index is 680. The van der Waals surface area contributed by atoms with Gasteiger partial charge in [-0.25, -0.2) is 0 Å². The first-order chi connectivity index (χ1) is 12.1. The normalized spacial score (nSPS) is 11.8. The number of hydrogen-bond donors (Lipinski definition) is 3. The first kappa shape index (κ1) is 19.5. The summed E-state index contributed by atoms with van der Waals surface area (Å²) in [5, 5.41) is 13.8. The van der Waals surface area contributed by atoms with Gasteiger partial charge in [-0.05, 0) is 35.4 Å². The number of amides is 1. The Morgan fingerprint density at radius 3 is 2.64 bits per heavy atom. The maximum atomic E-state index is 11.2. The standard InChI is InChI=1S/C18H20Cl2N2O3/c19-15-3-1-2-14(11-15)17(23)12-21-8-9-25-16-6-4-13(5-7-16)10-18(24)22-20/h1-7,11,17,21,23H,8-10,12H2,(H,22,24). The average Bonchev–Trinajstić information content (AvgIpc) is 2.62. The Kier molecular flexibility index (Phi) is 8.01. The van der Waals surface area contributed by atoms with E-state index in [-0.39, 0.29) is 12.3 Å². The van der Waals surface area contributed by atoms with Crippen LogP contribution in [-0.2, 0) is 11.2 Å². The molecular formula is C18H20Cl2N2O3. The summed E-state index contributed by atoms with van der Waals surface area (Å²) in [7, 11) is 0. The van der Waals surface area contributed by atoms with Crippen LogP contribution in [-0.4, -0.2) is 30.7 Å². The fourth-order valence-electron chi connectivity index (χ4n) is 2.23. The molecule has 0 heterocycles. The molecule has 0 spiro atoms. The van der Waals surface area contributed by atoms with Crippen molar-refractivity contribution in [3.63, 3.8) is 0 Å². The number of hydrogen-bond acceptors (Lipinski definition) is 4. The van der Waals surface area contributed by atoms with Crippen molar-refractivity contribution in [2.75, 3.05) is 19.7 Å². The number of benzene rings is 2. The fourth-order valence-corrected chi connectivity index (χ4v) is 2.50. The summed E-state index contributed by atoms with van der Waals surface area (Å²) in [5.74, 6) is 0.463. The van der Waals surface area contributed by atoms with Gasteiger partial charge in [-0.1, -0.05) is 35.9 Å². The summed E-state index contributed by atoms with van der Waals surface area (Å²) >= 11 is 11.2. The van der Waals surface area contributed by atoms with Crippen LogP contribution in [0.25, 0.3) is 0 Å². The molecular weight excluding hydrogens is 363 g/mol. The second-order valence-electron chi connectivity index (χ2n) is 5.46. The van der Waals surface area contributed by atoms with E-state index >= 15 is 0 Å². The lowest BCUT2D eigenvalue weighted by molar-refractivity contribution is -0.118. The molecule has 0 saturated heterocycles. The van der Waals surface area contributed by atoms with Crippen molar-refractivity contribution in [1.29, 1.82) is 0 Å². The molecule has 134 valence electrons. The van der Waals surface area contributed by atoms with Crippen molar-refractivity contribution in [3.8, 4) is 5.75 Å². The quantitative estimate of drug-likeness (QED) is 0.460. The Balaban J connectivity index is 1.66. The van der Waals surface area contributed by atoms with Gasteiger partial charge in [-0.2, -0.15) is 0 Å². The highest BCUT2D eigenvalue weighted by Crippen LogP contribution is 2.17. The Morgan fingerprint density at radius 1 is 1.20 bits per heavy atom. The summed E-state index contributed by atoms with van der Waals surface area (Å²) < 4.78 is 5.61. The van der Waals surface area contributed by atoms with Crippen LogP contribution < -0.4 is 14.9 Å². The number of aliphatic hydroxyl groups excluding tert-OH is 1. The van der Waals surface area contributed by atoms with Crippen LogP contribution in [0.2, 0.25) is 5.02 Å².